The summed E-state index contributed by atoms with van der Waals surface area (Å²) in [5.74, 6) is 0.824. The third-order valence-electron chi connectivity index (χ3n) is 12.9. The van der Waals surface area contributed by atoms with Crippen LogP contribution >= 0.6 is 11.3 Å². The van der Waals surface area contributed by atoms with Crippen molar-refractivity contribution in [2.24, 2.45) is 0 Å². The molecule has 0 N–H and O–H groups in total. The van der Waals surface area contributed by atoms with E-state index >= 15 is 0 Å². The highest BCUT2D eigenvalue weighted by molar-refractivity contribution is 7.14. The van der Waals surface area contributed by atoms with Crippen molar-refractivity contribution >= 4 is 72.8 Å². The maximum Gasteiger partial charge on any atom is 0.261 e. The standard InChI is InChI=1S/C60H69NO4SSi2/c1-59(2,3)67(54-28-14-8-15-29-54,55-30-16-9-17-31-55)64-44-24-22-42-61(43-23-25-45-65-68(60(4,5)6,56-32-18-10-19-33-56)57-34-20-11-21-35-57)51-38-36-50(37-39-52-40-41-53(47-62)66-52)58(46-51)63-48-49-26-12-7-13-27-49/h7-21,26-41,46-47H,22-25,42-45,48H2,1-6H3. The normalized spacial score (nSPS) is 12.3. The van der Waals surface area contributed by atoms with Crippen molar-refractivity contribution < 1.29 is 18.4 Å². The highest BCUT2D eigenvalue weighted by atomic mass is 32.1. The van der Waals surface area contributed by atoms with Gasteiger partial charge in [-0.3, -0.25) is 4.79 Å². The molecule has 8 heteroatoms. The number of unbranched alkanes of at least 4 members (excludes halogenated alkanes) is 2. The molecule has 7 aromatic rings. The van der Waals surface area contributed by atoms with Crippen LogP contribution in [0.15, 0.2) is 182 Å². The summed E-state index contributed by atoms with van der Waals surface area (Å²) in [5, 5.41) is 5.07. The van der Waals surface area contributed by atoms with Gasteiger partial charge in [-0.2, -0.15) is 0 Å². The molecule has 352 valence electrons. The SMILES string of the molecule is CC(C)(C)[Si](OCCCCN(CCCCO[Si](c1ccccc1)(c1ccccc1)C(C)(C)C)c1ccc(C=Cc2ccc(C=O)s2)c(OCc2ccccc2)c1)(c1ccccc1)c1ccccc1. The monoisotopic (exact) mass is 955 g/mol. The Bertz CT molecular complexity index is 2440. The summed E-state index contributed by atoms with van der Waals surface area (Å²) in [6.07, 6.45) is 8.87. The van der Waals surface area contributed by atoms with Crippen LogP contribution in [0, 0.1) is 0 Å². The largest absolute Gasteiger partial charge is 0.488 e. The van der Waals surface area contributed by atoms with Crippen LogP contribution in [-0.2, 0) is 15.5 Å². The average molecular weight is 956 g/mol. The Labute approximate surface area is 412 Å². The van der Waals surface area contributed by atoms with Crippen molar-refractivity contribution in [2.75, 3.05) is 31.2 Å². The number of rotatable bonds is 23. The van der Waals surface area contributed by atoms with Gasteiger partial charge < -0.3 is 18.5 Å². The molecular weight excluding hydrogens is 887 g/mol. The second-order valence-electron chi connectivity index (χ2n) is 19.6. The van der Waals surface area contributed by atoms with E-state index in [-0.39, 0.29) is 10.1 Å². The van der Waals surface area contributed by atoms with Gasteiger partial charge in [0.05, 0.1) is 4.88 Å². The van der Waals surface area contributed by atoms with E-state index < -0.39 is 16.6 Å². The first-order valence-corrected chi connectivity index (χ1v) is 28.9. The molecule has 68 heavy (non-hydrogen) atoms. The van der Waals surface area contributed by atoms with Crippen molar-refractivity contribution in [3.63, 3.8) is 0 Å². The molecule has 1 heterocycles. The Morgan fingerprint density at radius 3 is 1.34 bits per heavy atom. The number of ether oxygens (including phenoxy) is 1. The van der Waals surface area contributed by atoms with Crippen LogP contribution in [-0.4, -0.2) is 49.2 Å². The molecule has 1 aromatic heterocycles. The zero-order valence-electron chi connectivity index (χ0n) is 40.9. The molecule has 0 bridgehead atoms. The lowest BCUT2D eigenvalue weighted by molar-refractivity contribution is 0.112. The molecule has 0 spiro atoms. The summed E-state index contributed by atoms with van der Waals surface area (Å²) in [6.45, 7) is 17.6. The molecule has 0 aliphatic carbocycles. The number of carbonyl (C=O) groups excluding carboxylic acids is 1. The van der Waals surface area contributed by atoms with Crippen LogP contribution in [0.5, 0.6) is 5.75 Å². The van der Waals surface area contributed by atoms with Crippen molar-refractivity contribution in [1.29, 1.82) is 0 Å². The van der Waals surface area contributed by atoms with Gasteiger partial charge in [0.25, 0.3) is 16.6 Å². The van der Waals surface area contributed by atoms with E-state index in [0.717, 1.165) is 72.5 Å². The fraction of sp³-hybridized carbons (Fsp3) is 0.283. The topological polar surface area (TPSA) is 48.0 Å². The van der Waals surface area contributed by atoms with E-state index in [2.05, 4.69) is 210 Å². The van der Waals surface area contributed by atoms with Gasteiger partial charge in [0, 0.05) is 48.5 Å². The minimum Gasteiger partial charge on any atom is -0.488 e. The van der Waals surface area contributed by atoms with E-state index in [9.17, 15) is 4.79 Å². The van der Waals surface area contributed by atoms with Crippen LogP contribution in [0.1, 0.15) is 92.9 Å². The number of nitrogens with zero attached hydrogens (tertiary/aromatic N) is 1. The van der Waals surface area contributed by atoms with Crippen LogP contribution in [0.25, 0.3) is 12.2 Å². The summed E-state index contributed by atoms with van der Waals surface area (Å²) in [4.78, 5) is 15.7. The van der Waals surface area contributed by atoms with Crippen molar-refractivity contribution in [3.8, 4) is 5.75 Å². The summed E-state index contributed by atoms with van der Waals surface area (Å²) in [5.41, 5.74) is 3.23. The lowest BCUT2D eigenvalue weighted by atomic mass is 10.1. The highest BCUT2D eigenvalue weighted by Crippen LogP contribution is 2.38. The fourth-order valence-electron chi connectivity index (χ4n) is 9.56. The van der Waals surface area contributed by atoms with Crippen LogP contribution in [0.3, 0.4) is 0 Å². The number of aldehydes is 1. The van der Waals surface area contributed by atoms with Gasteiger partial charge in [-0.05, 0) is 98.5 Å². The van der Waals surface area contributed by atoms with E-state index in [1.807, 2.05) is 30.3 Å². The van der Waals surface area contributed by atoms with Crippen molar-refractivity contribution in [3.05, 3.63) is 203 Å². The molecular formula is C60H69NO4SSi2. The van der Waals surface area contributed by atoms with E-state index in [1.54, 1.807) is 0 Å². The summed E-state index contributed by atoms with van der Waals surface area (Å²) in [7, 11) is -5.29. The first-order chi connectivity index (χ1) is 32.9. The smallest absolute Gasteiger partial charge is 0.261 e. The molecule has 0 fully saturated rings. The number of thiophene rings is 1. The Morgan fingerprint density at radius 2 is 0.926 bits per heavy atom. The molecule has 0 amide bonds. The maximum atomic E-state index is 11.4. The number of carbonyl (C=O) groups is 1. The summed E-state index contributed by atoms with van der Waals surface area (Å²) in [6, 6.07) is 64.5. The van der Waals surface area contributed by atoms with Crippen LogP contribution < -0.4 is 30.4 Å². The fourth-order valence-corrected chi connectivity index (χ4v) is 19.5. The Hall–Kier alpha value is -5.62. The molecule has 5 nitrogen and oxygen atoms in total. The Balaban J connectivity index is 1.13. The zero-order chi connectivity index (χ0) is 47.9. The molecule has 0 saturated carbocycles. The van der Waals surface area contributed by atoms with Gasteiger partial charge >= 0.3 is 0 Å². The minimum absolute atomic E-state index is 0.0785. The van der Waals surface area contributed by atoms with Gasteiger partial charge in [0.1, 0.15) is 12.4 Å². The number of hydrogen-bond donors (Lipinski definition) is 0. The zero-order valence-corrected chi connectivity index (χ0v) is 43.7. The van der Waals surface area contributed by atoms with E-state index in [4.69, 9.17) is 13.6 Å². The quantitative estimate of drug-likeness (QED) is 0.0363. The first-order valence-electron chi connectivity index (χ1n) is 24.2. The van der Waals surface area contributed by atoms with Crippen LogP contribution in [0.2, 0.25) is 10.1 Å². The predicted molar refractivity (Wildman–Crippen MR) is 294 cm³/mol. The number of anilines is 1. The number of hydrogen-bond acceptors (Lipinski definition) is 6. The maximum absolute atomic E-state index is 11.4. The highest BCUT2D eigenvalue weighted by Gasteiger charge is 2.51. The molecule has 7 rings (SSSR count). The van der Waals surface area contributed by atoms with Gasteiger partial charge in [-0.15, -0.1) is 11.3 Å². The molecule has 0 aliphatic heterocycles. The summed E-state index contributed by atoms with van der Waals surface area (Å²) < 4.78 is 21.3. The van der Waals surface area contributed by atoms with E-state index in [1.165, 1.54) is 32.1 Å². The lowest BCUT2D eigenvalue weighted by Gasteiger charge is -2.43. The minimum atomic E-state index is -2.65. The molecule has 0 atom stereocenters. The van der Waals surface area contributed by atoms with Gasteiger partial charge in [0.15, 0.2) is 6.29 Å². The van der Waals surface area contributed by atoms with Gasteiger partial charge in [-0.1, -0.05) is 193 Å². The number of benzene rings is 6. The van der Waals surface area contributed by atoms with Crippen molar-refractivity contribution in [1.82, 2.24) is 0 Å². The lowest BCUT2D eigenvalue weighted by Crippen LogP contribution is -2.66. The second-order valence-corrected chi connectivity index (χ2v) is 29.4. The van der Waals surface area contributed by atoms with E-state index in [0.29, 0.717) is 24.7 Å². The molecule has 0 radical (unpaired) electrons. The predicted octanol–water partition coefficient (Wildman–Crippen LogP) is 12.8. The first kappa shape index (κ1) is 50.3. The Kier molecular flexibility index (Phi) is 17.4. The van der Waals surface area contributed by atoms with Crippen molar-refractivity contribution in [2.45, 2.75) is 83.9 Å². The second kappa shape index (κ2) is 23.6. The van der Waals surface area contributed by atoms with Gasteiger partial charge in [0.2, 0.25) is 0 Å². The third-order valence-corrected chi connectivity index (χ3v) is 24.0. The molecule has 6 aromatic carbocycles. The molecule has 0 unspecified atom stereocenters. The third kappa shape index (κ3) is 12.2. The molecule has 0 saturated heterocycles. The summed E-state index contributed by atoms with van der Waals surface area (Å²) >= 11 is 1.48. The average Bonchev–Trinajstić information content (AvgIpc) is 3.83. The van der Waals surface area contributed by atoms with Crippen LogP contribution in [0.4, 0.5) is 5.69 Å². The molecule has 0 aliphatic rings. The van der Waals surface area contributed by atoms with Gasteiger partial charge in [-0.25, -0.2) is 0 Å². The Morgan fingerprint density at radius 1 is 0.500 bits per heavy atom.